The highest BCUT2D eigenvalue weighted by molar-refractivity contribution is 5.56. The standard InChI is InChI=1S/C14H21N3O3/c1-2-6-15-14-4-3-12(17(19)20)8-11(14)9-16-7-5-13(18)10-16/h3-4,8,13,15,18H,2,5-7,9-10H2,1H3. The maximum atomic E-state index is 10.9. The fourth-order valence-electron chi connectivity index (χ4n) is 2.45. The lowest BCUT2D eigenvalue weighted by atomic mass is 10.1. The largest absolute Gasteiger partial charge is 0.392 e. The predicted octanol–water partition coefficient (Wildman–Crippen LogP) is 1.98. The molecule has 1 aromatic rings. The summed E-state index contributed by atoms with van der Waals surface area (Å²) in [6.07, 6.45) is 1.49. The van der Waals surface area contributed by atoms with Gasteiger partial charge in [0.15, 0.2) is 0 Å². The summed E-state index contributed by atoms with van der Waals surface area (Å²) in [6.45, 7) is 5.01. The minimum atomic E-state index is -0.369. The van der Waals surface area contributed by atoms with E-state index in [2.05, 4.69) is 17.1 Å². The number of hydrogen-bond donors (Lipinski definition) is 2. The lowest BCUT2D eigenvalue weighted by molar-refractivity contribution is -0.384. The van der Waals surface area contributed by atoms with E-state index in [1.165, 1.54) is 6.07 Å². The van der Waals surface area contributed by atoms with Gasteiger partial charge in [-0.1, -0.05) is 6.92 Å². The number of nitro benzene ring substituents is 1. The van der Waals surface area contributed by atoms with Crippen molar-refractivity contribution in [2.75, 3.05) is 25.0 Å². The molecule has 1 saturated heterocycles. The smallest absolute Gasteiger partial charge is 0.269 e. The molecule has 2 N–H and O–H groups in total. The van der Waals surface area contributed by atoms with E-state index in [-0.39, 0.29) is 16.7 Å². The van der Waals surface area contributed by atoms with Crippen molar-refractivity contribution < 1.29 is 10.0 Å². The highest BCUT2D eigenvalue weighted by Crippen LogP contribution is 2.25. The van der Waals surface area contributed by atoms with Crippen LogP contribution in [0.25, 0.3) is 0 Å². The van der Waals surface area contributed by atoms with Crippen molar-refractivity contribution in [1.82, 2.24) is 4.90 Å². The zero-order valence-corrected chi connectivity index (χ0v) is 11.7. The predicted molar refractivity (Wildman–Crippen MR) is 77.8 cm³/mol. The van der Waals surface area contributed by atoms with E-state index in [1.807, 2.05) is 0 Å². The number of anilines is 1. The van der Waals surface area contributed by atoms with Gasteiger partial charge in [-0.2, -0.15) is 0 Å². The monoisotopic (exact) mass is 279 g/mol. The van der Waals surface area contributed by atoms with E-state index in [0.717, 1.165) is 37.2 Å². The number of non-ortho nitro benzene ring substituents is 1. The average molecular weight is 279 g/mol. The van der Waals surface area contributed by atoms with Gasteiger partial charge in [-0.05, 0) is 24.5 Å². The molecule has 1 heterocycles. The molecule has 0 bridgehead atoms. The Labute approximate surface area is 118 Å². The Kier molecular flexibility index (Phi) is 4.92. The highest BCUT2D eigenvalue weighted by Gasteiger charge is 2.21. The molecular formula is C14H21N3O3. The second-order valence-electron chi connectivity index (χ2n) is 5.20. The van der Waals surface area contributed by atoms with Crippen LogP contribution in [0.1, 0.15) is 25.3 Å². The first-order valence-electron chi connectivity index (χ1n) is 7.01. The van der Waals surface area contributed by atoms with Crippen molar-refractivity contribution in [1.29, 1.82) is 0 Å². The fourth-order valence-corrected chi connectivity index (χ4v) is 2.45. The molecule has 0 radical (unpaired) electrons. The lowest BCUT2D eigenvalue weighted by Gasteiger charge is -2.18. The maximum absolute atomic E-state index is 10.9. The van der Waals surface area contributed by atoms with Gasteiger partial charge in [0, 0.05) is 44.0 Å². The average Bonchev–Trinajstić information content (AvgIpc) is 2.82. The van der Waals surface area contributed by atoms with Gasteiger partial charge in [0.1, 0.15) is 0 Å². The van der Waals surface area contributed by atoms with Crippen molar-refractivity contribution in [3.63, 3.8) is 0 Å². The highest BCUT2D eigenvalue weighted by atomic mass is 16.6. The number of aliphatic hydroxyl groups excluding tert-OH is 1. The van der Waals surface area contributed by atoms with Crippen molar-refractivity contribution >= 4 is 11.4 Å². The normalized spacial score (nSPS) is 19.2. The molecule has 1 aliphatic rings. The zero-order chi connectivity index (χ0) is 14.5. The number of likely N-dealkylation sites (tertiary alicyclic amines) is 1. The molecule has 0 saturated carbocycles. The van der Waals surface area contributed by atoms with Gasteiger partial charge in [-0.15, -0.1) is 0 Å². The second kappa shape index (κ2) is 6.67. The number of nitrogens with zero attached hydrogens (tertiary/aromatic N) is 2. The van der Waals surface area contributed by atoms with Crippen LogP contribution < -0.4 is 5.32 Å². The van der Waals surface area contributed by atoms with Gasteiger partial charge < -0.3 is 10.4 Å². The van der Waals surface area contributed by atoms with Crippen LogP contribution in [0.5, 0.6) is 0 Å². The molecule has 1 aliphatic heterocycles. The van der Waals surface area contributed by atoms with Crippen molar-refractivity contribution in [3.05, 3.63) is 33.9 Å². The number of aliphatic hydroxyl groups is 1. The van der Waals surface area contributed by atoms with E-state index in [4.69, 9.17) is 0 Å². The molecule has 1 unspecified atom stereocenters. The summed E-state index contributed by atoms with van der Waals surface area (Å²) in [6, 6.07) is 4.93. The molecule has 0 aromatic heterocycles. The summed E-state index contributed by atoms with van der Waals surface area (Å²) >= 11 is 0. The Morgan fingerprint density at radius 2 is 2.35 bits per heavy atom. The van der Waals surface area contributed by atoms with Crippen molar-refractivity contribution in [2.45, 2.75) is 32.4 Å². The van der Waals surface area contributed by atoms with Gasteiger partial charge in [0.25, 0.3) is 5.69 Å². The first-order chi connectivity index (χ1) is 9.60. The molecule has 0 aliphatic carbocycles. The molecular weight excluding hydrogens is 258 g/mol. The fraction of sp³-hybridized carbons (Fsp3) is 0.571. The summed E-state index contributed by atoms with van der Waals surface area (Å²) in [5.41, 5.74) is 1.97. The van der Waals surface area contributed by atoms with Crippen molar-refractivity contribution in [3.8, 4) is 0 Å². The molecule has 1 atom stereocenters. The lowest BCUT2D eigenvalue weighted by Crippen LogP contribution is -2.22. The number of hydrogen-bond acceptors (Lipinski definition) is 5. The first-order valence-corrected chi connectivity index (χ1v) is 7.01. The Balaban J connectivity index is 2.17. The Morgan fingerprint density at radius 1 is 1.55 bits per heavy atom. The van der Waals surface area contributed by atoms with E-state index >= 15 is 0 Å². The molecule has 110 valence electrons. The molecule has 6 heteroatoms. The van der Waals surface area contributed by atoms with Gasteiger partial charge in [0.2, 0.25) is 0 Å². The maximum Gasteiger partial charge on any atom is 0.269 e. The zero-order valence-electron chi connectivity index (χ0n) is 11.7. The summed E-state index contributed by atoms with van der Waals surface area (Å²) in [5, 5.41) is 23.8. The molecule has 0 amide bonds. The van der Waals surface area contributed by atoms with Gasteiger partial charge in [-0.3, -0.25) is 15.0 Å². The van der Waals surface area contributed by atoms with E-state index in [9.17, 15) is 15.2 Å². The third-order valence-corrected chi connectivity index (χ3v) is 3.51. The molecule has 1 fully saturated rings. The van der Waals surface area contributed by atoms with Crippen LogP contribution in [0.4, 0.5) is 11.4 Å². The summed E-state index contributed by atoms with van der Waals surface area (Å²) in [7, 11) is 0. The van der Waals surface area contributed by atoms with Crippen LogP contribution in [-0.2, 0) is 6.54 Å². The van der Waals surface area contributed by atoms with Crippen LogP contribution >= 0.6 is 0 Å². The Morgan fingerprint density at radius 3 is 2.95 bits per heavy atom. The minimum absolute atomic E-state index is 0.113. The van der Waals surface area contributed by atoms with Crippen molar-refractivity contribution in [2.24, 2.45) is 0 Å². The second-order valence-corrected chi connectivity index (χ2v) is 5.20. The van der Waals surface area contributed by atoms with Gasteiger partial charge in [0.05, 0.1) is 11.0 Å². The Hall–Kier alpha value is -1.66. The van der Waals surface area contributed by atoms with E-state index < -0.39 is 0 Å². The summed E-state index contributed by atoms with van der Waals surface area (Å²) in [5.74, 6) is 0. The summed E-state index contributed by atoms with van der Waals surface area (Å²) < 4.78 is 0. The first kappa shape index (κ1) is 14.7. The van der Waals surface area contributed by atoms with E-state index in [0.29, 0.717) is 13.1 Å². The third kappa shape index (κ3) is 3.68. The minimum Gasteiger partial charge on any atom is -0.392 e. The van der Waals surface area contributed by atoms with Crippen LogP contribution in [0.2, 0.25) is 0 Å². The molecule has 1 aromatic carbocycles. The number of β-amino-alcohol motifs (C(OH)–C–C–N with tert-alkyl or cyclic N) is 1. The van der Waals surface area contributed by atoms with Crippen LogP contribution in [0.15, 0.2) is 18.2 Å². The van der Waals surface area contributed by atoms with Gasteiger partial charge in [-0.25, -0.2) is 0 Å². The van der Waals surface area contributed by atoms with E-state index in [1.54, 1.807) is 12.1 Å². The number of nitro groups is 1. The van der Waals surface area contributed by atoms with Gasteiger partial charge >= 0.3 is 0 Å². The topological polar surface area (TPSA) is 78.6 Å². The summed E-state index contributed by atoms with van der Waals surface area (Å²) in [4.78, 5) is 12.7. The molecule has 2 rings (SSSR count). The molecule has 6 nitrogen and oxygen atoms in total. The third-order valence-electron chi connectivity index (χ3n) is 3.51. The molecule has 20 heavy (non-hydrogen) atoms. The quantitative estimate of drug-likeness (QED) is 0.615. The van der Waals surface area contributed by atoms with Crippen LogP contribution in [-0.4, -0.2) is 40.7 Å². The molecule has 0 spiro atoms. The van der Waals surface area contributed by atoms with Crippen LogP contribution in [0.3, 0.4) is 0 Å². The Bertz CT molecular complexity index is 479. The number of rotatable bonds is 6. The number of benzene rings is 1. The van der Waals surface area contributed by atoms with Crippen LogP contribution in [0, 0.1) is 10.1 Å². The SMILES string of the molecule is CCCNc1ccc([N+](=O)[O-])cc1CN1CCC(O)C1. The number of nitrogens with one attached hydrogen (secondary N) is 1.